The number of Topliss-reactive ketones (excluding diaryl/α,β-unsaturated/α-hetero) is 2. The van der Waals surface area contributed by atoms with Crippen molar-refractivity contribution in [2.24, 2.45) is 0 Å². The Morgan fingerprint density at radius 3 is 2.06 bits per heavy atom. The summed E-state index contributed by atoms with van der Waals surface area (Å²) in [5, 5.41) is 0.438. The monoisotopic (exact) mass is 508 g/mol. The summed E-state index contributed by atoms with van der Waals surface area (Å²) in [5.74, 6) is 5.43. The number of hydrogen-bond donors (Lipinski definition) is 0. The van der Waals surface area contributed by atoms with Gasteiger partial charge in [-0.1, -0.05) is 65.5 Å². The molecular weight excluding hydrogens is 495 g/mol. The van der Waals surface area contributed by atoms with Crippen LogP contribution in [-0.4, -0.2) is 21.1 Å². The molecular formula is C29H14Cl2N2O3. The van der Waals surface area contributed by atoms with Gasteiger partial charge < -0.3 is 4.42 Å². The number of halogens is 2. The number of rotatable bonds is 2. The van der Waals surface area contributed by atoms with Crippen LogP contribution < -0.4 is 0 Å². The van der Waals surface area contributed by atoms with Crippen LogP contribution in [0.1, 0.15) is 37.9 Å². The zero-order chi connectivity index (χ0) is 24.8. The zero-order valence-electron chi connectivity index (χ0n) is 18.5. The third kappa shape index (κ3) is 3.74. The molecule has 36 heavy (non-hydrogen) atoms. The van der Waals surface area contributed by atoms with E-state index in [9.17, 15) is 9.59 Å². The van der Waals surface area contributed by atoms with Crippen LogP contribution in [0.3, 0.4) is 0 Å². The lowest BCUT2D eigenvalue weighted by molar-refractivity contribution is 0.0990. The van der Waals surface area contributed by atoms with E-state index in [0.29, 0.717) is 16.9 Å². The average Bonchev–Trinajstić information content (AvgIpc) is 3.50. The van der Waals surface area contributed by atoms with E-state index in [4.69, 9.17) is 27.6 Å². The van der Waals surface area contributed by atoms with E-state index in [2.05, 4.69) is 16.8 Å². The molecule has 0 amide bonds. The normalized spacial score (nSPS) is 12.6. The van der Waals surface area contributed by atoms with Gasteiger partial charge >= 0.3 is 0 Å². The van der Waals surface area contributed by atoms with Crippen LogP contribution in [0.25, 0.3) is 23.0 Å². The number of para-hydroxylation sites is 1. The molecule has 2 heterocycles. The second-order valence-corrected chi connectivity index (χ2v) is 8.91. The number of aromatic nitrogens is 2. The van der Waals surface area contributed by atoms with E-state index in [-0.39, 0.29) is 32.6 Å². The molecule has 0 bridgehead atoms. The molecule has 172 valence electrons. The summed E-state index contributed by atoms with van der Waals surface area (Å²) in [5.41, 5.74) is 3.68. The Kier molecular flexibility index (Phi) is 5.34. The first-order valence-electron chi connectivity index (χ1n) is 10.9. The number of oxazole rings is 1. The third-order valence-electron chi connectivity index (χ3n) is 5.82. The highest BCUT2D eigenvalue weighted by atomic mass is 35.5. The number of fused-ring (bicyclic) bond motifs is 2. The molecule has 1 aliphatic carbocycles. The van der Waals surface area contributed by atoms with Crippen molar-refractivity contribution in [1.82, 2.24) is 9.55 Å². The fourth-order valence-corrected chi connectivity index (χ4v) is 4.48. The van der Waals surface area contributed by atoms with E-state index in [1.807, 2.05) is 65.2 Å². The summed E-state index contributed by atoms with van der Waals surface area (Å²) in [6, 6.07) is 23.6. The largest absolute Gasteiger partial charge is 0.428 e. The van der Waals surface area contributed by atoms with Gasteiger partial charge in [-0.15, -0.1) is 0 Å². The molecule has 5 aromatic rings. The van der Waals surface area contributed by atoms with Gasteiger partial charge in [-0.3, -0.25) is 14.2 Å². The van der Waals surface area contributed by atoms with Crippen LogP contribution in [0.5, 0.6) is 0 Å². The third-order valence-corrected chi connectivity index (χ3v) is 6.54. The lowest BCUT2D eigenvalue weighted by Gasteiger charge is -2.07. The first kappa shape index (κ1) is 22.1. The van der Waals surface area contributed by atoms with Crippen molar-refractivity contribution in [3.05, 3.63) is 123 Å². The maximum absolute atomic E-state index is 13.1. The Morgan fingerprint density at radius 2 is 1.42 bits per heavy atom. The quantitative estimate of drug-likeness (QED) is 0.149. The van der Waals surface area contributed by atoms with Crippen LogP contribution in [0.15, 0.2) is 88.9 Å². The SMILES string of the molecule is O=C1C(=Cc2cc3oc(C#Cc4ccccc4)nc3n2-c2ccccc2)C(=O)c2cc(Cl)c(Cl)cc21. The molecule has 0 spiro atoms. The Bertz CT molecular complexity index is 1740. The van der Waals surface area contributed by atoms with E-state index >= 15 is 0 Å². The molecule has 0 atom stereocenters. The van der Waals surface area contributed by atoms with E-state index in [1.54, 1.807) is 12.1 Å². The highest BCUT2D eigenvalue weighted by Gasteiger charge is 2.34. The molecule has 5 nitrogen and oxygen atoms in total. The summed E-state index contributed by atoms with van der Waals surface area (Å²) in [6.45, 7) is 0. The first-order valence-corrected chi connectivity index (χ1v) is 11.7. The summed E-state index contributed by atoms with van der Waals surface area (Å²) < 4.78 is 7.73. The van der Waals surface area contributed by atoms with Crippen molar-refractivity contribution < 1.29 is 14.0 Å². The molecule has 7 heteroatoms. The first-order chi connectivity index (χ1) is 17.5. The molecule has 0 N–H and O–H groups in total. The summed E-state index contributed by atoms with van der Waals surface area (Å²) in [6.07, 6.45) is 1.55. The maximum atomic E-state index is 13.1. The van der Waals surface area contributed by atoms with Crippen LogP contribution in [0, 0.1) is 11.8 Å². The van der Waals surface area contributed by atoms with Gasteiger partial charge in [0.25, 0.3) is 5.89 Å². The van der Waals surface area contributed by atoms with Gasteiger partial charge in [0.1, 0.15) is 0 Å². The van der Waals surface area contributed by atoms with Crippen molar-refractivity contribution in [3.8, 4) is 17.5 Å². The molecule has 3 aromatic carbocycles. The smallest absolute Gasteiger partial charge is 0.276 e. The van der Waals surface area contributed by atoms with Gasteiger partial charge in [-0.25, -0.2) is 0 Å². The average molecular weight is 509 g/mol. The lowest BCUT2D eigenvalue weighted by atomic mass is 10.1. The van der Waals surface area contributed by atoms with Crippen LogP contribution >= 0.6 is 23.2 Å². The van der Waals surface area contributed by atoms with E-state index in [0.717, 1.165) is 11.3 Å². The minimum atomic E-state index is -0.409. The van der Waals surface area contributed by atoms with Gasteiger partial charge in [-0.2, -0.15) is 4.98 Å². The van der Waals surface area contributed by atoms with Crippen molar-refractivity contribution >= 4 is 52.1 Å². The highest BCUT2D eigenvalue weighted by Crippen LogP contribution is 2.35. The highest BCUT2D eigenvalue weighted by molar-refractivity contribution is 6.46. The van der Waals surface area contributed by atoms with Crippen molar-refractivity contribution in [2.75, 3.05) is 0 Å². The molecule has 0 fully saturated rings. The summed E-state index contributed by atoms with van der Waals surface area (Å²) >= 11 is 12.2. The summed E-state index contributed by atoms with van der Waals surface area (Å²) in [7, 11) is 0. The van der Waals surface area contributed by atoms with Crippen molar-refractivity contribution in [3.63, 3.8) is 0 Å². The van der Waals surface area contributed by atoms with Crippen LogP contribution in [0.2, 0.25) is 10.0 Å². The predicted molar refractivity (Wildman–Crippen MR) is 139 cm³/mol. The van der Waals surface area contributed by atoms with Crippen LogP contribution in [-0.2, 0) is 0 Å². The molecule has 0 unspecified atom stereocenters. The second kappa shape index (κ2) is 8.69. The molecule has 0 saturated heterocycles. The van der Waals surface area contributed by atoms with Gasteiger partial charge in [0.05, 0.1) is 21.3 Å². The predicted octanol–water partition coefficient (Wildman–Crippen LogP) is 6.79. The Balaban J connectivity index is 1.48. The van der Waals surface area contributed by atoms with Gasteiger partial charge in [-0.05, 0) is 48.4 Å². The van der Waals surface area contributed by atoms with Crippen molar-refractivity contribution in [2.45, 2.75) is 0 Å². The lowest BCUT2D eigenvalue weighted by Crippen LogP contribution is -2.03. The zero-order valence-corrected chi connectivity index (χ0v) is 20.0. The molecule has 1 aliphatic rings. The topological polar surface area (TPSA) is 65.1 Å². The standard InChI is InChI=1S/C29H14Cl2N2O3/c30-23-15-20-21(16-24(23)31)28(35)22(27(20)34)13-19-14-25-29(33(19)18-9-5-2-6-10-18)32-26(36-25)12-11-17-7-3-1-4-8-17/h1-10,13-16H. The number of carbonyl (C=O) groups is 2. The number of nitrogens with zero attached hydrogens (tertiary/aromatic N) is 2. The second-order valence-electron chi connectivity index (χ2n) is 8.09. The van der Waals surface area contributed by atoms with E-state index < -0.39 is 11.6 Å². The molecule has 0 aliphatic heterocycles. The van der Waals surface area contributed by atoms with Gasteiger partial charge in [0.2, 0.25) is 0 Å². The molecule has 6 rings (SSSR count). The number of hydrogen-bond acceptors (Lipinski definition) is 4. The Hall–Kier alpha value is -4.37. The molecule has 0 saturated carbocycles. The minimum absolute atomic E-state index is 0.0183. The fourth-order valence-electron chi connectivity index (χ4n) is 4.15. The molecule has 0 radical (unpaired) electrons. The maximum Gasteiger partial charge on any atom is 0.276 e. The van der Waals surface area contributed by atoms with E-state index in [1.165, 1.54) is 12.1 Å². The number of ketones is 2. The minimum Gasteiger partial charge on any atom is -0.428 e. The fraction of sp³-hybridized carbons (Fsp3) is 0. The summed E-state index contributed by atoms with van der Waals surface area (Å²) in [4.78, 5) is 30.8. The van der Waals surface area contributed by atoms with Gasteiger partial charge in [0, 0.05) is 28.4 Å². The Morgan fingerprint density at radius 1 is 0.806 bits per heavy atom. The van der Waals surface area contributed by atoms with Crippen LogP contribution in [0.4, 0.5) is 0 Å². The van der Waals surface area contributed by atoms with Crippen molar-refractivity contribution in [1.29, 1.82) is 0 Å². The van der Waals surface area contributed by atoms with Gasteiger partial charge in [0.15, 0.2) is 22.8 Å². The molecule has 2 aromatic heterocycles. The Labute approximate surface area is 215 Å². The number of allylic oxidation sites excluding steroid dienone is 1. The number of benzene rings is 3. The number of carbonyl (C=O) groups excluding carboxylic acids is 2.